The lowest BCUT2D eigenvalue weighted by Gasteiger charge is -2.16. The Kier molecular flexibility index (Phi) is 4.40. The minimum Gasteiger partial charge on any atom is -0.372 e. The van der Waals surface area contributed by atoms with Crippen LogP contribution < -0.4 is 11.1 Å². The maximum atomic E-state index is 5.87. The summed E-state index contributed by atoms with van der Waals surface area (Å²) in [6.45, 7) is 2.93. The van der Waals surface area contributed by atoms with E-state index in [1.807, 2.05) is 12.3 Å². The maximum Gasteiger partial charge on any atom is 0.221 e. The molecule has 0 radical (unpaired) electrons. The average Bonchev–Trinajstić information content (AvgIpc) is 3.48. The lowest BCUT2D eigenvalue weighted by Crippen LogP contribution is -2.07. The van der Waals surface area contributed by atoms with Crippen LogP contribution in [0.5, 0.6) is 0 Å². The van der Waals surface area contributed by atoms with Gasteiger partial charge in [0.2, 0.25) is 5.95 Å². The molecule has 1 aliphatic rings. The molecule has 1 aliphatic heterocycles. The number of fused-ring (bicyclic) bond motifs is 1. The molecule has 29 heavy (non-hydrogen) atoms. The summed E-state index contributed by atoms with van der Waals surface area (Å²) in [5.74, 6) is 1.64. The summed E-state index contributed by atoms with van der Waals surface area (Å²) in [7, 11) is 0. The minimum absolute atomic E-state index is 0.0778. The van der Waals surface area contributed by atoms with E-state index in [9.17, 15) is 0 Å². The largest absolute Gasteiger partial charge is 0.372 e. The van der Waals surface area contributed by atoms with E-state index in [1.54, 1.807) is 6.20 Å². The summed E-state index contributed by atoms with van der Waals surface area (Å²) in [6.07, 6.45) is 5.89. The quantitative estimate of drug-likeness (QED) is 0.410. The summed E-state index contributed by atoms with van der Waals surface area (Å²) >= 11 is 0. The number of nitrogens with zero attached hydrogens (tertiary/aromatic N) is 3. The van der Waals surface area contributed by atoms with E-state index in [0.717, 1.165) is 36.2 Å². The number of nitrogen functional groups attached to an aromatic ring is 1. The number of aromatic amines is 2. The van der Waals surface area contributed by atoms with Gasteiger partial charge in [-0.1, -0.05) is 13.0 Å². The van der Waals surface area contributed by atoms with Crippen LogP contribution in [0, 0.1) is 0 Å². The Morgan fingerprint density at radius 2 is 2.21 bits per heavy atom. The van der Waals surface area contributed by atoms with E-state index in [0.29, 0.717) is 11.6 Å². The molecule has 5 rings (SSSR count). The highest BCUT2D eigenvalue weighted by molar-refractivity contribution is 5.80. The van der Waals surface area contributed by atoms with Crippen LogP contribution in [-0.2, 0) is 4.74 Å². The van der Waals surface area contributed by atoms with Gasteiger partial charge in [0, 0.05) is 42.1 Å². The van der Waals surface area contributed by atoms with Crippen LogP contribution in [0.25, 0.3) is 10.9 Å². The zero-order valence-electron chi connectivity index (χ0n) is 16.1. The SMILES string of the molecule is C[C@@H](c1ccc2[nH]ccc2c1)c1cnc(N)nc1Nc1cc(C2CCCO2)[nH]n1. The molecule has 8 heteroatoms. The minimum atomic E-state index is 0.0778. The van der Waals surface area contributed by atoms with E-state index < -0.39 is 0 Å². The highest BCUT2D eigenvalue weighted by atomic mass is 16.5. The van der Waals surface area contributed by atoms with Crippen molar-refractivity contribution in [1.82, 2.24) is 25.1 Å². The second-order valence-electron chi connectivity index (χ2n) is 7.41. The summed E-state index contributed by atoms with van der Waals surface area (Å²) in [5, 5.41) is 11.9. The Morgan fingerprint density at radius 1 is 1.28 bits per heavy atom. The standard InChI is InChI=1S/C21H23N7O/c1-12(13-4-5-16-14(9-13)6-7-23-16)15-11-24-21(22)26-20(15)25-19-10-17(27-28-19)18-3-2-8-29-18/h4-7,9-12,18,23H,2-3,8H2,1H3,(H4,22,24,25,26,27,28)/t12-,18?/m0/s1. The first-order valence-corrected chi connectivity index (χ1v) is 9.81. The van der Waals surface area contributed by atoms with Gasteiger partial charge < -0.3 is 20.8 Å². The van der Waals surface area contributed by atoms with Crippen LogP contribution in [0.3, 0.4) is 0 Å². The Labute approximate surface area is 167 Å². The summed E-state index contributed by atoms with van der Waals surface area (Å²) in [5.41, 5.74) is 10.1. The molecule has 1 fully saturated rings. The molecule has 4 heterocycles. The average molecular weight is 389 g/mol. The number of H-pyrrole nitrogens is 2. The van der Waals surface area contributed by atoms with E-state index >= 15 is 0 Å². The molecule has 2 atom stereocenters. The third kappa shape index (κ3) is 3.42. The van der Waals surface area contributed by atoms with Crippen LogP contribution >= 0.6 is 0 Å². The predicted octanol–water partition coefficient (Wildman–Crippen LogP) is 4.01. The first-order valence-electron chi connectivity index (χ1n) is 9.81. The highest BCUT2D eigenvalue weighted by Crippen LogP contribution is 2.33. The van der Waals surface area contributed by atoms with Crippen molar-refractivity contribution in [3.05, 3.63) is 59.5 Å². The first-order chi connectivity index (χ1) is 14.2. The molecule has 1 unspecified atom stereocenters. The number of rotatable bonds is 5. The van der Waals surface area contributed by atoms with Crippen LogP contribution in [0.15, 0.2) is 42.7 Å². The maximum absolute atomic E-state index is 5.87. The number of nitrogens with one attached hydrogen (secondary N) is 3. The molecular formula is C21H23N7O. The molecule has 5 N–H and O–H groups in total. The van der Waals surface area contributed by atoms with Crippen LogP contribution in [0.4, 0.5) is 17.6 Å². The number of hydrogen-bond donors (Lipinski definition) is 4. The topological polar surface area (TPSA) is 118 Å². The van der Waals surface area contributed by atoms with Crippen molar-refractivity contribution in [3.63, 3.8) is 0 Å². The number of benzene rings is 1. The van der Waals surface area contributed by atoms with Crippen molar-refractivity contribution in [2.24, 2.45) is 0 Å². The van der Waals surface area contributed by atoms with Gasteiger partial charge >= 0.3 is 0 Å². The molecule has 0 aliphatic carbocycles. The summed E-state index contributed by atoms with van der Waals surface area (Å²) < 4.78 is 5.72. The Bertz CT molecular complexity index is 1140. The normalized spacial score (nSPS) is 17.6. The zero-order valence-corrected chi connectivity index (χ0v) is 16.1. The van der Waals surface area contributed by atoms with Gasteiger partial charge in [-0.15, -0.1) is 0 Å². The van der Waals surface area contributed by atoms with Crippen molar-refractivity contribution in [1.29, 1.82) is 0 Å². The lowest BCUT2D eigenvalue weighted by molar-refractivity contribution is 0.108. The van der Waals surface area contributed by atoms with E-state index in [4.69, 9.17) is 10.5 Å². The molecule has 3 aromatic heterocycles. The fourth-order valence-corrected chi connectivity index (χ4v) is 3.85. The number of aromatic nitrogens is 5. The van der Waals surface area contributed by atoms with E-state index in [1.165, 1.54) is 10.9 Å². The van der Waals surface area contributed by atoms with E-state index in [2.05, 4.69) is 61.7 Å². The molecule has 0 bridgehead atoms. The van der Waals surface area contributed by atoms with E-state index in [-0.39, 0.29) is 18.0 Å². The van der Waals surface area contributed by atoms with Gasteiger partial charge in [-0.05, 0) is 42.0 Å². The van der Waals surface area contributed by atoms with Crippen LogP contribution in [-0.4, -0.2) is 31.8 Å². The van der Waals surface area contributed by atoms with Crippen LogP contribution in [0.2, 0.25) is 0 Å². The smallest absolute Gasteiger partial charge is 0.221 e. The number of anilines is 3. The molecule has 148 valence electrons. The molecule has 1 aromatic carbocycles. The summed E-state index contributed by atoms with van der Waals surface area (Å²) in [4.78, 5) is 11.9. The zero-order chi connectivity index (χ0) is 19.8. The van der Waals surface area contributed by atoms with Crippen molar-refractivity contribution < 1.29 is 4.74 Å². The fourth-order valence-electron chi connectivity index (χ4n) is 3.85. The molecule has 0 amide bonds. The third-order valence-corrected chi connectivity index (χ3v) is 5.50. The van der Waals surface area contributed by atoms with Gasteiger partial charge in [0.25, 0.3) is 0 Å². The van der Waals surface area contributed by atoms with Gasteiger partial charge in [0.15, 0.2) is 5.82 Å². The van der Waals surface area contributed by atoms with Gasteiger partial charge in [0.05, 0.1) is 11.8 Å². The third-order valence-electron chi connectivity index (χ3n) is 5.50. The Balaban J connectivity index is 1.45. The van der Waals surface area contributed by atoms with Crippen molar-refractivity contribution >= 4 is 28.5 Å². The Hall–Kier alpha value is -3.39. The number of nitrogens with two attached hydrogens (primary N) is 1. The summed E-state index contributed by atoms with van der Waals surface area (Å²) in [6, 6.07) is 10.4. The molecule has 0 saturated carbocycles. The lowest BCUT2D eigenvalue weighted by atomic mass is 9.93. The Morgan fingerprint density at radius 3 is 3.07 bits per heavy atom. The molecule has 0 spiro atoms. The second kappa shape index (κ2) is 7.21. The van der Waals surface area contributed by atoms with Crippen molar-refractivity contribution in [3.8, 4) is 0 Å². The number of hydrogen-bond acceptors (Lipinski definition) is 6. The van der Waals surface area contributed by atoms with Crippen LogP contribution in [0.1, 0.15) is 48.6 Å². The second-order valence-corrected chi connectivity index (χ2v) is 7.41. The molecule has 8 nitrogen and oxygen atoms in total. The monoisotopic (exact) mass is 389 g/mol. The van der Waals surface area contributed by atoms with Gasteiger partial charge in [-0.2, -0.15) is 10.1 Å². The molecular weight excluding hydrogens is 366 g/mol. The molecule has 1 saturated heterocycles. The fraction of sp³-hybridized carbons (Fsp3) is 0.286. The highest BCUT2D eigenvalue weighted by Gasteiger charge is 2.21. The van der Waals surface area contributed by atoms with Crippen molar-refractivity contribution in [2.75, 3.05) is 17.7 Å². The van der Waals surface area contributed by atoms with Gasteiger partial charge in [-0.25, -0.2) is 4.98 Å². The van der Waals surface area contributed by atoms with Gasteiger partial charge in [-0.3, -0.25) is 5.10 Å². The first kappa shape index (κ1) is 17.7. The predicted molar refractivity (Wildman–Crippen MR) is 112 cm³/mol. The van der Waals surface area contributed by atoms with Crippen molar-refractivity contribution in [2.45, 2.75) is 31.8 Å². The number of ether oxygens (including phenoxy) is 1. The van der Waals surface area contributed by atoms with Gasteiger partial charge in [0.1, 0.15) is 5.82 Å². The molecule has 4 aromatic rings.